The average Bonchev–Trinajstić information content (AvgIpc) is 3.24. The summed E-state index contributed by atoms with van der Waals surface area (Å²) in [4.78, 5) is 4.92. The van der Waals surface area contributed by atoms with Crippen LogP contribution in [0.4, 0.5) is 0 Å². The summed E-state index contributed by atoms with van der Waals surface area (Å²) in [6, 6.07) is 25.4. The number of halogens is 2. The third-order valence-corrected chi connectivity index (χ3v) is 6.53. The van der Waals surface area contributed by atoms with E-state index in [1.165, 1.54) is 16.7 Å². The van der Waals surface area contributed by atoms with E-state index in [1.54, 1.807) is 0 Å². The highest BCUT2D eigenvalue weighted by Gasteiger charge is 2.26. The van der Waals surface area contributed by atoms with E-state index in [0.717, 1.165) is 43.2 Å². The number of hydrazone groups is 1. The van der Waals surface area contributed by atoms with Crippen molar-refractivity contribution < 1.29 is 0 Å². The minimum atomic E-state index is 0.161. The predicted octanol–water partition coefficient (Wildman–Crippen LogP) is 7.17. The fourth-order valence-corrected chi connectivity index (χ4v) is 4.73. The van der Waals surface area contributed by atoms with Gasteiger partial charge < -0.3 is 5.43 Å². The highest BCUT2D eigenvalue weighted by molar-refractivity contribution is 9.10. The van der Waals surface area contributed by atoms with Crippen LogP contribution in [0.2, 0.25) is 0 Å². The molecule has 0 aliphatic carbocycles. The lowest BCUT2D eigenvalue weighted by molar-refractivity contribution is 0.620. The first-order chi connectivity index (χ1) is 14.6. The number of hydrogen-bond acceptors (Lipinski definition) is 3. The van der Waals surface area contributed by atoms with Crippen LogP contribution in [0.15, 0.2) is 86.8 Å². The average molecular weight is 521 g/mol. The molecule has 148 valence electrons. The fraction of sp³-hybridized carbons (Fsp3) is 0.120. The molecule has 5 heteroatoms. The maximum Gasteiger partial charge on any atom is 0.0745 e. The van der Waals surface area contributed by atoms with Gasteiger partial charge in [-0.25, -0.2) is 0 Å². The molecule has 0 fully saturated rings. The van der Waals surface area contributed by atoms with Crippen molar-refractivity contribution in [3.05, 3.63) is 98.6 Å². The zero-order valence-electron chi connectivity index (χ0n) is 16.4. The van der Waals surface area contributed by atoms with Crippen molar-refractivity contribution in [2.45, 2.75) is 19.4 Å². The van der Waals surface area contributed by atoms with Gasteiger partial charge in [-0.05, 0) is 48.4 Å². The van der Waals surface area contributed by atoms with Crippen molar-refractivity contribution in [1.82, 2.24) is 10.4 Å². The van der Waals surface area contributed by atoms with Crippen molar-refractivity contribution in [1.29, 1.82) is 0 Å². The molecule has 1 unspecified atom stereocenters. The highest BCUT2D eigenvalue weighted by Crippen LogP contribution is 2.37. The summed E-state index contributed by atoms with van der Waals surface area (Å²) in [6.45, 7) is 2.08. The van der Waals surface area contributed by atoms with Gasteiger partial charge in [0, 0.05) is 37.6 Å². The molecule has 0 bridgehead atoms. The number of fused-ring (bicyclic) bond motifs is 1. The van der Waals surface area contributed by atoms with E-state index in [1.807, 2.05) is 12.1 Å². The summed E-state index contributed by atoms with van der Waals surface area (Å²) in [7, 11) is 0. The molecule has 1 N–H and O–H groups in total. The SMILES string of the molecule is Cc1nc2ccc(Br)cc2c(-c2ccccc2)c1C1=NNC(c2ccc(Br)cc2)C1. The number of benzene rings is 3. The Hall–Kier alpha value is -2.50. The summed E-state index contributed by atoms with van der Waals surface area (Å²) < 4.78 is 2.12. The standard InChI is InChI=1S/C25H19Br2N3/c1-15-24(23-14-22(29-30-23)16-7-9-18(26)10-8-16)25(17-5-3-2-4-6-17)20-13-19(27)11-12-21(20)28-15/h2-13,22,29H,14H2,1H3. The van der Waals surface area contributed by atoms with Crippen molar-refractivity contribution in [2.75, 3.05) is 0 Å². The molecule has 30 heavy (non-hydrogen) atoms. The van der Waals surface area contributed by atoms with Crippen LogP contribution in [0.5, 0.6) is 0 Å². The fourth-order valence-electron chi connectivity index (χ4n) is 4.10. The topological polar surface area (TPSA) is 37.3 Å². The molecule has 0 saturated heterocycles. The summed E-state index contributed by atoms with van der Waals surface area (Å²) in [6.07, 6.45) is 0.823. The van der Waals surface area contributed by atoms with E-state index in [-0.39, 0.29) is 6.04 Å². The van der Waals surface area contributed by atoms with Gasteiger partial charge in [0.05, 0.1) is 17.3 Å². The van der Waals surface area contributed by atoms with Gasteiger partial charge in [-0.1, -0.05) is 74.3 Å². The van der Waals surface area contributed by atoms with Gasteiger partial charge in [-0.2, -0.15) is 5.10 Å². The summed E-state index contributed by atoms with van der Waals surface area (Å²) in [5, 5.41) is 5.90. The first-order valence-electron chi connectivity index (χ1n) is 9.83. The molecular formula is C25H19Br2N3. The molecule has 1 aromatic heterocycles. The first-order valence-corrected chi connectivity index (χ1v) is 11.4. The van der Waals surface area contributed by atoms with Crippen LogP contribution in [-0.2, 0) is 0 Å². The van der Waals surface area contributed by atoms with Crippen LogP contribution >= 0.6 is 31.9 Å². The molecule has 0 amide bonds. The molecule has 1 aliphatic heterocycles. The van der Waals surface area contributed by atoms with E-state index in [2.05, 4.69) is 105 Å². The van der Waals surface area contributed by atoms with Gasteiger partial charge in [0.25, 0.3) is 0 Å². The number of nitrogens with one attached hydrogen (secondary N) is 1. The Morgan fingerprint density at radius 2 is 1.60 bits per heavy atom. The summed E-state index contributed by atoms with van der Waals surface area (Å²) >= 11 is 7.15. The monoisotopic (exact) mass is 519 g/mol. The largest absolute Gasteiger partial charge is 0.302 e. The third kappa shape index (κ3) is 3.57. The van der Waals surface area contributed by atoms with Crippen LogP contribution in [0.25, 0.3) is 22.0 Å². The number of hydrogen-bond donors (Lipinski definition) is 1. The molecular weight excluding hydrogens is 502 g/mol. The van der Waals surface area contributed by atoms with Crippen LogP contribution in [0.3, 0.4) is 0 Å². The molecule has 3 aromatic carbocycles. The Morgan fingerprint density at radius 3 is 2.37 bits per heavy atom. The lowest BCUT2D eigenvalue weighted by Crippen LogP contribution is -2.10. The van der Waals surface area contributed by atoms with Crippen molar-refractivity contribution in [3.8, 4) is 11.1 Å². The molecule has 2 heterocycles. The van der Waals surface area contributed by atoms with E-state index in [9.17, 15) is 0 Å². The van der Waals surface area contributed by atoms with E-state index >= 15 is 0 Å². The number of nitrogens with zero attached hydrogens (tertiary/aromatic N) is 2. The lowest BCUT2D eigenvalue weighted by Gasteiger charge is -2.16. The van der Waals surface area contributed by atoms with Gasteiger partial charge in [0.1, 0.15) is 0 Å². The van der Waals surface area contributed by atoms with Crippen LogP contribution in [-0.4, -0.2) is 10.7 Å². The molecule has 5 rings (SSSR count). The Balaban J connectivity index is 1.66. The third-order valence-electron chi connectivity index (χ3n) is 5.50. The summed E-state index contributed by atoms with van der Waals surface area (Å²) in [5.74, 6) is 0. The number of pyridine rings is 1. The Kier molecular flexibility index (Phi) is 5.17. The second-order valence-corrected chi connectivity index (χ2v) is 9.30. The maximum atomic E-state index is 4.92. The molecule has 1 atom stereocenters. The normalized spacial score (nSPS) is 15.8. The Bertz CT molecular complexity index is 1270. The minimum absolute atomic E-state index is 0.161. The van der Waals surface area contributed by atoms with E-state index in [4.69, 9.17) is 10.1 Å². The second-order valence-electron chi connectivity index (χ2n) is 7.47. The quantitative estimate of drug-likeness (QED) is 0.310. The first kappa shape index (κ1) is 19.5. The van der Waals surface area contributed by atoms with E-state index in [0.29, 0.717) is 0 Å². The lowest BCUT2D eigenvalue weighted by atomic mass is 9.89. The van der Waals surface area contributed by atoms with Gasteiger partial charge >= 0.3 is 0 Å². The smallest absolute Gasteiger partial charge is 0.0745 e. The molecule has 0 spiro atoms. The molecule has 3 nitrogen and oxygen atoms in total. The maximum absolute atomic E-state index is 4.92. The number of aryl methyl sites for hydroxylation is 1. The van der Waals surface area contributed by atoms with Crippen LogP contribution in [0, 0.1) is 6.92 Å². The Morgan fingerprint density at radius 1 is 0.867 bits per heavy atom. The molecule has 4 aromatic rings. The predicted molar refractivity (Wildman–Crippen MR) is 131 cm³/mol. The summed E-state index contributed by atoms with van der Waals surface area (Å²) in [5.41, 5.74) is 11.1. The highest BCUT2D eigenvalue weighted by atomic mass is 79.9. The number of aromatic nitrogens is 1. The zero-order valence-corrected chi connectivity index (χ0v) is 19.5. The van der Waals surface area contributed by atoms with Crippen LogP contribution in [0.1, 0.15) is 29.3 Å². The van der Waals surface area contributed by atoms with Crippen LogP contribution < -0.4 is 5.43 Å². The zero-order chi connectivity index (χ0) is 20.7. The van der Waals surface area contributed by atoms with Gasteiger partial charge in [-0.3, -0.25) is 4.98 Å². The van der Waals surface area contributed by atoms with Gasteiger partial charge in [0.2, 0.25) is 0 Å². The molecule has 0 radical (unpaired) electrons. The second kappa shape index (κ2) is 7.97. The molecule has 0 saturated carbocycles. The minimum Gasteiger partial charge on any atom is -0.302 e. The van der Waals surface area contributed by atoms with Crippen molar-refractivity contribution in [2.24, 2.45) is 5.10 Å². The van der Waals surface area contributed by atoms with Gasteiger partial charge in [-0.15, -0.1) is 0 Å². The van der Waals surface area contributed by atoms with Crippen molar-refractivity contribution >= 4 is 48.5 Å². The van der Waals surface area contributed by atoms with Crippen molar-refractivity contribution in [3.63, 3.8) is 0 Å². The number of rotatable bonds is 3. The van der Waals surface area contributed by atoms with Gasteiger partial charge in [0.15, 0.2) is 0 Å². The Labute approximate surface area is 192 Å². The molecule has 1 aliphatic rings. The van der Waals surface area contributed by atoms with E-state index < -0.39 is 0 Å².